The third kappa shape index (κ3) is 21.7. The Balaban J connectivity index is 0.000000169. The highest BCUT2D eigenvalue weighted by atomic mass is 127. The van der Waals surface area contributed by atoms with Gasteiger partial charge in [0.05, 0.1) is 31.5 Å². The highest BCUT2D eigenvalue weighted by molar-refractivity contribution is 14.1. The van der Waals surface area contributed by atoms with Crippen molar-refractivity contribution in [2.45, 2.75) is 369 Å². The van der Waals surface area contributed by atoms with Crippen molar-refractivity contribution >= 4 is 34.5 Å². The molecule has 9 nitrogen and oxygen atoms in total. The van der Waals surface area contributed by atoms with Gasteiger partial charge in [-0.1, -0.05) is 241 Å². The summed E-state index contributed by atoms with van der Waals surface area (Å²) in [4.78, 5) is 21.9. The van der Waals surface area contributed by atoms with Gasteiger partial charge in [-0.15, -0.1) is 0 Å². The van der Waals surface area contributed by atoms with Crippen LogP contribution in [0.2, 0.25) is 0 Å². The van der Waals surface area contributed by atoms with Gasteiger partial charge in [-0.3, -0.25) is 9.59 Å². The van der Waals surface area contributed by atoms with E-state index in [-0.39, 0.29) is 35.7 Å². The number of esters is 2. The molecule has 0 aromatic carbocycles. The molecule has 0 saturated heterocycles. The van der Waals surface area contributed by atoms with E-state index in [1.165, 1.54) is 184 Å². The molecule has 634 valence electrons. The Morgan fingerprint density at radius 1 is 0.445 bits per heavy atom. The van der Waals surface area contributed by atoms with Crippen molar-refractivity contribution in [3.63, 3.8) is 0 Å². The van der Waals surface area contributed by atoms with Crippen molar-refractivity contribution < 1.29 is 44.6 Å². The van der Waals surface area contributed by atoms with Crippen LogP contribution in [0.3, 0.4) is 0 Å². The molecule has 13 fully saturated rings. The summed E-state index contributed by atoms with van der Waals surface area (Å²) in [5.74, 6) is 16.3. The van der Waals surface area contributed by atoms with Crippen LogP contribution in [0.4, 0.5) is 0 Å². The molecule has 0 aliphatic heterocycles. The Hall–Kier alpha value is -1.57. The first-order valence-electron chi connectivity index (χ1n) is 46.7. The van der Waals surface area contributed by atoms with Crippen LogP contribution in [-0.2, 0) is 19.1 Å². The average molecular weight is 1650 g/mol. The highest BCUT2D eigenvalue weighted by Gasteiger charge is 2.57. The van der Waals surface area contributed by atoms with E-state index in [0.717, 1.165) is 135 Å². The first-order chi connectivity index (χ1) is 51.9. The van der Waals surface area contributed by atoms with E-state index >= 15 is 0 Å². The van der Waals surface area contributed by atoms with Crippen molar-refractivity contribution in [1.29, 1.82) is 0 Å². The number of aliphatic hydroxyl groups excluding tert-OH is 5. The van der Waals surface area contributed by atoms with Gasteiger partial charge in [0.25, 0.3) is 0 Å². The number of fused-ring (bicyclic) bond motifs is 6. The van der Waals surface area contributed by atoms with Gasteiger partial charge in [0.15, 0.2) is 0 Å². The quantitative estimate of drug-likeness (QED) is 0.0414. The maximum atomic E-state index is 11.0. The molecule has 13 aliphatic carbocycles. The Kier molecular flexibility index (Phi) is 35.4. The monoisotopic (exact) mass is 1650 g/mol. The molecule has 13 saturated carbocycles. The second-order valence-corrected chi connectivity index (χ2v) is 43.8. The van der Waals surface area contributed by atoms with Gasteiger partial charge in [-0.2, -0.15) is 0 Å². The van der Waals surface area contributed by atoms with Crippen molar-refractivity contribution in [2.75, 3.05) is 30.9 Å². The first kappa shape index (κ1) is 93.9. The van der Waals surface area contributed by atoms with Crippen LogP contribution in [-0.4, -0.2) is 86.6 Å². The maximum absolute atomic E-state index is 11.0. The third-order valence-corrected chi connectivity index (χ3v) is 37.3. The lowest BCUT2D eigenvalue weighted by Crippen LogP contribution is -2.42. The topological polar surface area (TPSA) is 154 Å². The zero-order chi connectivity index (χ0) is 81.0. The van der Waals surface area contributed by atoms with Crippen molar-refractivity contribution in [3.8, 4) is 0 Å². The van der Waals surface area contributed by atoms with Gasteiger partial charge in [-0.25, -0.2) is 0 Å². The number of aliphatic hydroxyl groups is 5. The molecular weight excluding hydrogens is 1470 g/mol. The first-order valence-corrected chi connectivity index (χ1v) is 48.3. The average Bonchev–Trinajstić information content (AvgIpc) is 1.61. The lowest BCUT2D eigenvalue weighted by Gasteiger charge is -2.45. The molecule has 0 spiro atoms. The molecule has 31 atom stereocenters. The second kappa shape index (κ2) is 41.4. The van der Waals surface area contributed by atoms with Gasteiger partial charge in [0.1, 0.15) is 0 Å². The number of alkyl halides is 1. The smallest absolute Gasteiger partial charge is 0.302 e. The molecule has 0 heterocycles. The number of hydrogen-bond acceptors (Lipinski definition) is 9. The minimum atomic E-state index is -0.190. The van der Waals surface area contributed by atoms with Crippen molar-refractivity contribution in [1.82, 2.24) is 0 Å². The normalized spacial score (nSPS) is 43.0. The van der Waals surface area contributed by atoms with Crippen LogP contribution >= 0.6 is 22.6 Å². The number of hydrogen-bond donors (Lipinski definition) is 5. The largest absolute Gasteiger partial charge is 0.466 e. The maximum Gasteiger partial charge on any atom is 0.302 e. The lowest BCUT2D eigenvalue weighted by atomic mass is 9.60. The van der Waals surface area contributed by atoms with Gasteiger partial charge in [0.2, 0.25) is 0 Å². The summed E-state index contributed by atoms with van der Waals surface area (Å²) >= 11 is 2.58. The van der Waals surface area contributed by atoms with Crippen LogP contribution in [0.5, 0.6) is 0 Å². The zero-order valence-corrected chi connectivity index (χ0v) is 76.8. The van der Waals surface area contributed by atoms with E-state index in [1.807, 2.05) is 0 Å². The summed E-state index contributed by atoms with van der Waals surface area (Å²) < 4.78 is 11.7. The Morgan fingerprint density at radius 3 is 1.20 bits per heavy atom. The molecule has 0 amide bonds. The predicted molar refractivity (Wildman–Crippen MR) is 468 cm³/mol. The zero-order valence-electron chi connectivity index (χ0n) is 74.6. The molecule has 13 aliphatic rings. The molecule has 0 unspecified atom stereocenters. The summed E-state index contributed by atoms with van der Waals surface area (Å²) in [5.41, 5.74) is 6.88. The number of carbonyl (C=O) groups excluding carboxylic acids is 2. The molecule has 0 radical (unpaired) electrons. The Morgan fingerprint density at radius 2 is 0.809 bits per heavy atom. The minimum absolute atomic E-state index is 0.0837. The molecule has 0 aromatic rings. The lowest BCUT2D eigenvalue weighted by molar-refractivity contribution is -0.144. The summed E-state index contributed by atoms with van der Waals surface area (Å²) in [5, 5.41) is 48.9. The van der Waals surface area contributed by atoms with Crippen LogP contribution in [0.1, 0.15) is 350 Å². The number of halogens is 1. The fraction of sp³-hybridized carbons (Fsp3) is 0.900. The second-order valence-electron chi connectivity index (χ2n) is 42.9. The van der Waals surface area contributed by atoms with E-state index in [2.05, 4.69) is 178 Å². The third-order valence-electron chi connectivity index (χ3n) is 35.9. The molecule has 0 bridgehead atoms. The number of allylic oxidation sites excluding steroid dienone is 6. The summed E-state index contributed by atoms with van der Waals surface area (Å²) in [6, 6.07) is 0. The SMILES string of the molecule is C=C1CC[C@H](O)C/C1=C/C=C1\CCC[C@]2(C)[C@@H]([C@H](C)/C=C/[C@H](C)C(C)C)CC[C@@H]12.CC(=O)OC[C@@H](C)[C@H]1CC[C@H]2[C@@H](C)CCC[C@]12C.CC(=O)OC[C@@H](C)[C@H]1CC[C@H]2[C@@H](O)CCC[C@]12C.C[C@H](CI)[C@H]1CC[C@H]2[C@@H](C)CCC[C@]12C.C[C@H](CO)[C@H]1CC[C@H]2[C@@H](C)CCC[C@]12C.C[C@H](CO)[C@H]1CC[C@H]2[C@@H](O)CCC[C@]12C. The summed E-state index contributed by atoms with van der Waals surface area (Å²) in [6.07, 6.45) is 51.3. The van der Waals surface area contributed by atoms with Gasteiger partial charge >= 0.3 is 11.9 Å². The summed E-state index contributed by atoms with van der Waals surface area (Å²) in [6.45, 7) is 52.0. The van der Waals surface area contributed by atoms with Crippen LogP contribution in [0, 0.1) is 169 Å². The fourth-order valence-corrected chi connectivity index (χ4v) is 29.8. The predicted octanol–water partition coefficient (Wildman–Crippen LogP) is 25.0. The van der Waals surface area contributed by atoms with Crippen molar-refractivity contribution in [2.24, 2.45) is 169 Å². The number of rotatable bonds is 17. The van der Waals surface area contributed by atoms with E-state index in [1.54, 1.807) is 5.57 Å². The number of ether oxygens (including phenoxy) is 2. The van der Waals surface area contributed by atoms with Gasteiger partial charge in [0, 0.05) is 31.5 Å². The molecule has 10 heteroatoms. The van der Waals surface area contributed by atoms with E-state index < -0.39 is 0 Å². The summed E-state index contributed by atoms with van der Waals surface area (Å²) in [7, 11) is 0. The number of carbonyl (C=O) groups is 2. The molecule has 0 aromatic heterocycles. The Bertz CT molecular complexity index is 2780. The molecular formula is C100H173IO9. The minimum Gasteiger partial charge on any atom is -0.466 e. The van der Waals surface area contributed by atoms with E-state index in [4.69, 9.17) is 9.47 Å². The van der Waals surface area contributed by atoms with Gasteiger partial charge < -0.3 is 35.0 Å². The van der Waals surface area contributed by atoms with E-state index in [9.17, 15) is 35.1 Å². The van der Waals surface area contributed by atoms with Crippen LogP contribution < -0.4 is 0 Å². The van der Waals surface area contributed by atoms with Crippen LogP contribution in [0.15, 0.2) is 47.6 Å². The highest BCUT2D eigenvalue weighted by Crippen LogP contribution is 2.65. The molecule has 13 rings (SSSR count). The fourth-order valence-electron chi connectivity index (χ4n) is 29.2. The van der Waals surface area contributed by atoms with E-state index in [0.29, 0.717) is 113 Å². The van der Waals surface area contributed by atoms with Crippen LogP contribution in [0.25, 0.3) is 0 Å². The standard InChI is InChI=1S/C28H44O.C16H28O2.C15H26O3.C14H25I.C14H26O.C13H24O2/c1-19(2)20(3)9-10-22(5)26-15-16-27-23(8-7-17-28(26,27)6)12-13-24-18-25(29)14-11-21(24)4;1-11-6-5-9-16(4)14(11)7-8-15(16)12(2)10-18-13(3)17;1-10(9-18-11(2)16)12-6-7-13-14(17)5-4-8-15(12,13)3;2*1-10-5-4-8-14(3)12(10)6-7-13(14)11(2)9-15;1-9(8-14)10-5-6-11-12(15)4-3-7-13(10,11)2/h9-10,12-13,19-20,22,25-27,29H,4,7-8,11,14-18H2,1-3,5-6H3;11-12,14-15H,5-10H2,1-4H3;10,12-14,17H,4-9H2,1-3H3;10-13H,4-9H2,1-3H3;10-13,15H,4-9H2,1-3H3;9-12,14-15H,3-8H2,1-2H3/b10-9+,23-12+,24-13-;;;;;/t20-,22+,25-,26+,27-,28+;11-,12+,14-,15+,16-;10-,12-,13+,14+,15-;2*10-,11+,12-,13+,14-;9-,10-,11+,12+,13-/m001001/s1. The Labute approximate surface area is 690 Å². The molecule has 110 heavy (non-hydrogen) atoms. The van der Waals surface area contributed by atoms with Crippen molar-refractivity contribution in [3.05, 3.63) is 47.6 Å². The van der Waals surface area contributed by atoms with Gasteiger partial charge in [-0.05, 0) is 335 Å². The molecule has 5 N–H and O–H groups in total.